The van der Waals surface area contributed by atoms with Gasteiger partial charge in [0.05, 0.1) is 19.6 Å². The molecule has 0 unspecified atom stereocenters. The number of hydrogen-bond acceptors (Lipinski definition) is 3. The molecule has 0 saturated carbocycles. The lowest BCUT2D eigenvalue weighted by atomic mass is 10.2. The van der Waals surface area contributed by atoms with Gasteiger partial charge in [-0.05, 0) is 27.7 Å². The molecule has 0 aliphatic heterocycles. The van der Waals surface area contributed by atoms with Crippen LogP contribution in [0.5, 0.6) is 0 Å². The molecule has 0 aliphatic rings. The molecule has 0 amide bonds. The van der Waals surface area contributed by atoms with Crippen molar-refractivity contribution < 1.29 is 14.4 Å². The first-order valence-corrected chi connectivity index (χ1v) is 6.56. The van der Waals surface area contributed by atoms with Crippen molar-refractivity contribution in [3.8, 4) is 0 Å². The summed E-state index contributed by atoms with van der Waals surface area (Å²) >= 11 is 0. The lowest BCUT2D eigenvalue weighted by molar-refractivity contribution is -0.936. The highest BCUT2D eigenvalue weighted by Gasteiger charge is 2.20. The number of rotatable bonds is 5. The minimum Gasteiger partial charge on any atom is -0.550 e. The van der Waals surface area contributed by atoms with Crippen LogP contribution in [-0.4, -0.2) is 30.1 Å². The number of aliphatic carboxylic acids is 1. The molecule has 0 bridgehead atoms. The molecule has 1 aromatic rings. The third kappa shape index (κ3) is 8.35. The SMILES string of the molecule is CC(=O)[O-].CC[N+](CC)(CC)Cc1ccccc1.N. The summed E-state index contributed by atoms with van der Waals surface area (Å²) in [4.78, 5) is 8.89. The predicted octanol–water partition coefficient (Wildman–Crippen LogP) is 1.98. The van der Waals surface area contributed by atoms with Crippen molar-refractivity contribution in [1.29, 1.82) is 0 Å². The van der Waals surface area contributed by atoms with Crippen LogP contribution in [0.4, 0.5) is 0 Å². The molecule has 1 rings (SSSR count). The van der Waals surface area contributed by atoms with Gasteiger partial charge in [-0.15, -0.1) is 0 Å². The van der Waals surface area contributed by atoms with Crippen molar-refractivity contribution in [1.82, 2.24) is 6.15 Å². The number of carbonyl (C=O) groups excluding carboxylic acids is 1. The van der Waals surface area contributed by atoms with Crippen molar-refractivity contribution in [2.75, 3.05) is 19.6 Å². The number of carboxylic acids is 1. The molecule has 19 heavy (non-hydrogen) atoms. The molecule has 0 heterocycles. The monoisotopic (exact) mass is 268 g/mol. The summed E-state index contributed by atoms with van der Waals surface area (Å²) in [7, 11) is 0. The summed E-state index contributed by atoms with van der Waals surface area (Å²) in [5.74, 6) is -1.08. The summed E-state index contributed by atoms with van der Waals surface area (Å²) in [6, 6.07) is 10.8. The summed E-state index contributed by atoms with van der Waals surface area (Å²) in [6.07, 6.45) is 0. The lowest BCUT2D eigenvalue weighted by Gasteiger charge is -2.35. The fourth-order valence-electron chi connectivity index (χ4n) is 1.98. The lowest BCUT2D eigenvalue weighted by Crippen LogP contribution is -2.46. The van der Waals surface area contributed by atoms with Crippen LogP contribution in [0.2, 0.25) is 0 Å². The van der Waals surface area contributed by atoms with E-state index in [0.717, 1.165) is 6.92 Å². The smallest absolute Gasteiger partial charge is 0.104 e. The standard InChI is InChI=1S/C13H22N.C2H4O2.H3N/c1-4-14(5-2,6-3)12-13-10-8-7-9-11-13;1-2(3)4;/h7-11H,4-6,12H2,1-3H3;1H3,(H,3,4);1H3/q+1;;/p-1. The quantitative estimate of drug-likeness (QED) is 0.830. The number of carboxylic acid groups (broad SMARTS) is 1. The van der Waals surface area contributed by atoms with Crippen LogP contribution in [-0.2, 0) is 11.3 Å². The number of benzene rings is 1. The topological polar surface area (TPSA) is 75.1 Å². The molecule has 0 atom stereocenters. The average Bonchev–Trinajstić information content (AvgIpc) is 2.37. The second-order valence-corrected chi connectivity index (χ2v) is 4.43. The molecule has 4 heteroatoms. The zero-order chi connectivity index (χ0) is 14.0. The Hall–Kier alpha value is -1.39. The van der Waals surface area contributed by atoms with Crippen LogP contribution in [0.25, 0.3) is 0 Å². The van der Waals surface area contributed by atoms with Crippen molar-refractivity contribution in [3.05, 3.63) is 35.9 Å². The van der Waals surface area contributed by atoms with Crippen LogP contribution in [0, 0.1) is 0 Å². The number of hydrogen-bond donors (Lipinski definition) is 1. The normalized spacial score (nSPS) is 9.89. The van der Waals surface area contributed by atoms with Gasteiger partial charge in [0.2, 0.25) is 0 Å². The molecule has 0 spiro atoms. The Morgan fingerprint density at radius 2 is 1.42 bits per heavy atom. The van der Waals surface area contributed by atoms with E-state index in [1.54, 1.807) is 0 Å². The second kappa shape index (κ2) is 10.5. The Labute approximate surface area is 117 Å². The van der Waals surface area contributed by atoms with Crippen LogP contribution in [0.15, 0.2) is 30.3 Å². The Morgan fingerprint density at radius 3 is 1.74 bits per heavy atom. The van der Waals surface area contributed by atoms with Crippen molar-refractivity contribution in [3.63, 3.8) is 0 Å². The van der Waals surface area contributed by atoms with E-state index in [4.69, 9.17) is 9.90 Å². The van der Waals surface area contributed by atoms with Gasteiger partial charge in [-0.1, -0.05) is 30.3 Å². The predicted molar refractivity (Wildman–Crippen MR) is 77.7 cm³/mol. The maximum Gasteiger partial charge on any atom is 0.104 e. The van der Waals surface area contributed by atoms with Gasteiger partial charge in [-0.2, -0.15) is 0 Å². The van der Waals surface area contributed by atoms with E-state index in [9.17, 15) is 0 Å². The molecule has 0 fully saturated rings. The summed E-state index contributed by atoms with van der Waals surface area (Å²) < 4.78 is 1.20. The Morgan fingerprint density at radius 1 is 1.05 bits per heavy atom. The molecule has 0 aliphatic carbocycles. The van der Waals surface area contributed by atoms with Gasteiger partial charge in [-0.25, -0.2) is 0 Å². The molecule has 0 saturated heterocycles. The van der Waals surface area contributed by atoms with Crippen LogP contribution in [0.3, 0.4) is 0 Å². The van der Waals surface area contributed by atoms with Crippen LogP contribution in [0.1, 0.15) is 33.3 Å². The molecule has 0 aromatic heterocycles. The van der Waals surface area contributed by atoms with E-state index < -0.39 is 5.97 Å². The van der Waals surface area contributed by atoms with E-state index in [0.29, 0.717) is 0 Å². The number of quaternary nitrogens is 1. The Kier molecular flexibility index (Phi) is 11.0. The van der Waals surface area contributed by atoms with Crippen molar-refractivity contribution >= 4 is 5.97 Å². The molecule has 3 N–H and O–H groups in total. The fraction of sp³-hybridized carbons (Fsp3) is 0.533. The van der Waals surface area contributed by atoms with Gasteiger partial charge in [0.25, 0.3) is 0 Å². The summed E-state index contributed by atoms with van der Waals surface area (Å²) in [5, 5.41) is 8.89. The minimum absolute atomic E-state index is 0. The Balaban J connectivity index is 0. The maximum atomic E-state index is 8.89. The van der Waals surface area contributed by atoms with E-state index >= 15 is 0 Å². The van der Waals surface area contributed by atoms with Gasteiger partial charge in [0.1, 0.15) is 6.54 Å². The van der Waals surface area contributed by atoms with Crippen molar-refractivity contribution in [2.45, 2.75) is 34.2 Å². The average molecular weight is 268 g/mol. The first-order valence-electron chi connectivity index (χ1n) is 6.56. The van der Waals surface area contributed by atoms with E-state index in [1.807, 2.05) is 0 Å². The van der Waals surface area contributed by atoms with E-state index in [2.05, 4.69) is 51.1 Å². The van der Waals surface area contributed by atoms with Gasteiger partial charge in [-0.3, -0.25) is 0 Å². The van der Waals surface area contributed by atoms with Crippen LogP contribution < -0.4 is 11.3 Å². The first kappa shape index (κ1) is 19.9. The first-order chi connectivity index (χ1) is 8.49. The Bertz CT molecular complexity index is 323. The van der Waals surface area contributed by atoms with E-state index in [1.165, 1.54) is 36.2 Å². The highest BCUT2D eigenvalue weighted by atomic mass is 16.4. The van der Waals surface area contributed by atoms with E-state index in [-0.39, 0.29) is 6.15 Å². The molecule has 4 nitrogen and oxygen atoms in total. The summed E-state index contributed by atoms with van der Waals surface area (Å²) in [5.41, 5.74) is 1.46. The number of nitrogens with zero attached hydrogens (tertiary/aromatic N) is 1. The third-order valence-corrected chi connectivity index (χ3v) is 3.37. The molecular weight excluding hydrogens is 240 g/mol. The largest absolute Gasteiger partial charge is 0.550 e. The molecular formula is C15H28N2O2. The van der Waals surface area contributed by atoms with Crippen molar-refractivity contribution in [2.24, 2.45) is 0 Å². The van der Waals surface area contributed by atoms with Gasteiger partial charge in [0.15, 0.2) is 0 Å². The third-order valence-electron chi connectivity index (χ3n) is 3.37. The minimum atomic E-state index is -1.08. The highest BCUT2D eigenvalue weighted by Crippen LogP contribution is 2.13. The summed E-state index contributed by atoms with van der Waals surface area (Å²) in [6.45, 7) is 12.7. The van der Waals surface area contributed by atoms with Gasteiger partial charge in [0, 0.05) is 11.5 Å². The van der Waals surface area contributed by atoms with Crippen LogP contribution >= 0.6 is 0 Å². The number of carbonyl (C=O) groups is 1. The molecule has 0 radical (unpaired) electrons. The highest BCUT2D eigenvalue weighted by molar-refractivity contribution is 5.60. The molecule has 1 aromatic carbocycles. The fourth-order valence-corrected chi connectivity index (χ4v) is 1.98. The zero-order valence-corrected chi connectivity index (χ0v) is 12.7. The van der Waals surface area contributed by atoms with Gasteiger partial charge >= 0.3 is 0 Å². The second-order valence-electron chi connectivity index (χ2n) is 4.43. The molecule has 110 valence electrons. The zero-order valence-electron chi connectivity index (χ0n) is 12.7. The van der Waals surface area contributed by atoms with Gasteiger partial charge < -0.3 is 20.5 Å². The maximum absolute atomic E-state index is 8.89.